The van der Waals surface area contributed by atoms with Crippen LogP contribution in [0.1, 0.15) is 32.6 Å². The van der Waals surface area contributed by atoms with Gasteiger partial charge in [0.25, 0.3) is 0 Å². The lowest BCUT2D eigenvalue weighted by atomic mass is 10.0. The number of hydrogen-bond donors (Lipinski definition) is 1. The number of anilines is 3. The van der Waals surface area contributed by atoms with Gasteiger partial charge < -0.3 is 10.2 Å². The van der Waals surface area contributed by atoms with Crippen molar-refractivity contribution in [3.8, 4) is 0 Å². The van der Waals surface area contributed by atoms with Gasteiger partial charge in [-0.05, 0) is 37.8 Å². The Labute approximate surface area is 134 Å². The molecule has 0 amide bonds. The van der Waals surface area contributed by atoms with Crippen LogP contribution in [-0.2, 0) is 0 Å². The Morgan fingerprint density at radius 2 is 2.00 bits per heavy atom. The summed E-state index contributed by atoms with van der Waals surface area (Å²) in [6, 6.07) is 5.97. The molecule has 1 aliphatic heterocycles. The van der Waals surface area contributed by atoms with Gasteiger partial charge in [-0.1, -0.05) is 13.0 Å². The standard InChI is InChI=1S/C17H20F2N4/c1-2-12-6-3-4-9-23(12)16-10-15(20-11-21-16)22-17-13(18)7-5-8-14(17)19/h5,7-8,10-12H,2-4,6,9H2,1H3,(H,20,21,22). The number of nitrogens with one attached hydrogen (secondary N) is 1. The summed E-state index contributed by atoms with van der Waals surface area (Å²) in [5.41, 5.74) is -0.192. The van der Waals surface area contributed by atoms with Crippen molar-refractivity contribution in [1.29, 1.82) is 0 Å². The van der Waals surface area contributed by atoms with Crippen molar-refractivity contribution in [3.63, 3.8) is 0 Å². The predicted octanol–water partition coefficient (Wildman–Crippen LogP) is 4.27. The van der Waals surface area contributed by atoms with Crippen LogP contribution in [0.3, 0.4) is 0 Å². The first-order valence-electron chi connectivity index (χ1n) is 7.98. The third-order valence-corrected chi connectivity index (χ3v) is 4.26. The molecule has 2 heterocycles. The second-order valence-electron chi connectivity index (χ2n) is 5.73. The molecule has 23 heavy (non-hydrogen) atoms. The molecule has 1 aromatic carbocycles. The third kappa shape index (κ3) is 3.41. The monoisotopic (exact) mass is 318 g/mol. The van der Waals surface area contributed by atoms with Crippen molar-refractivity contribution in [2.24, 2.45) is 0 Å². The summed E-state index contributed by atoms with van der Waals surface area (Å²) in [4.78, 5) is 10.7. The summed E-state index contributed by atoms with van der Waals surface area (Å²) in [6.07, 6.45) is 5.98. The van der Waals surface area contributed by atoms with E-state index in [4.69, 9.17) is 0 Å². The molecule has 1 unspecified atom stereocenters. The molecular formula is C17H20F2N4. The van der Waals surface area contributed by atoms with Gasteiger partial charge in [0.1, 0.15) is 35.3 Å². The Bertz CT molecular complexity index is 657. The Hall–Kier alpha value is -2.24. The second-order valence-corrected chi connectivity index (χ2v) is 5.73. The summed E-state index contributed by atoms with van der Waals surface area (Å²) in [6.45, 7) is 3.11. The van der Waals surface area contributed by atoms with E-state index in [2.05, 4.69) is 27.1 Å². The fraction of sp³-hybridized carbons (Fsp3) is 0.412. The second kappa shape index (κ2) is 6.89. The van der Waals surface area contributed by atoms with Crippen molar-refractivity contribution in [3.05, 3.63) is 42.2 Å². The van der Waals surface area contributed by atoms with Gasteiger partial charge in [-0.25, -0.2) is 18.7 Å². The van der Waals surface area contributed by atoms with Gasteiger partial charge in [0, 0.05) is 18.7 Å². The maximum atomic E-state index is 13.8. The van der Waals surface area contributed by atoms with E-state index in [1.807, 2.05) is 0 Å². The third-order valence-electron chi connectivity index (χ3n) is 4.26. The lowest BCUT2D eigenvalue weighted by Gasteiger charge is -2.36. The molecule has 122 valence electrons. The Balaban J connectivity index is 1.85. The number of piperidine rings is 1. The molecule has 6 heteroatoms. The largest absolute Gasteiger partial charge is 0.353 e. The summed E-state index contributed by atoms with van der Waals surface area (Å²) < 4.78 is 27.5. The van der Waals surface area contributed by atoms with Crippen LogP contribution in [0, 0.1) is 11.6 Å². The number of aromatic nitrogens is 2. The topological polar surface area (TPSA) is 41.0 Å². The normalized spacial score (nSPS) is 18.0. The highest BCUT2D eigenvalue weighted by molar-refractivity contribution is 5.60. The minimum Gasteiger partial charge on any atom is -0.353 e. The zero-order valence-corrected chi connectivity index (χ0v) is 13.1. The predicted molar refractivity (Wildman–Crippen MR) is 86.9 cm³/mol. The van der Waals surface area contributed by atoms with Gasteiger partial charge in [-0.3, -0.25) is 0 Å². The van der Waals surface area contributed by atoms with Crippen molar-refractivity contribution in [1.82, 2.24) is 9.97 Å². The molecule has 3 rings (SSSR count). The first kappa shape index (κ1) is 15.6. The lowest BCUT2D eigenvalue weighted by molar-refractivity contribution is 0.446. The quantitative estimate of drug-likeness (QED) is 0.914. The first-order valence-corrected chi connectivity index (χ1v) is 7.98. The SMILES string of the molecule is CCC1CCCCN1c1cc(Nc2c(F)cccc2F)ncn1. The van der Waals surface area contributed by atoms with Crippen LogP contribution in [0.5, 0.6) is 0 Å². The highest BCUT2D eigenvalue weighted by atomic mass is 19.1. The summed E-state index contributed by atoms with van der Waals surface area (Å²) >= 11 is 0. The van der Waals surface area contributed by atoms with Crippen molar-refractivity contribution < 1.29 is 8.78 Å². The van der Waals surface area contributed by atoms with E-state index in [0.29, 0.717) is 11.9 Å². The molecule has 1 saturated heterocycles. The van der Waals surface area contributed by atoms with E-state index in [1.165, 1.54) is 30.9 Å². The van der Waals surface area contributed by atoms with Crippen molar-refractivity contribution in [2.45, 2.75) is 38.6 Å². The molecule has 0 aliphatic carbocycles. The maximum Gasteiger partial charge on any atom is 0.149 e. The Morgan fingerprint density at radius 1 is 1.22 bits per heavy atom. The van der Waals surface area contributed by atoms with Crippen LogP contribution in [0.15, 0.2) is 30.6 Å². The van der Waals surface area contributed by atoms with E-state index < -0.39 is 11.6 Å². The molecule has 1 atom stereocenters. The number of nitrogens with zero attached hydrogens (tertiary/aromatic N) is 3. The molecule has 1 aromatic heterocycles. The molecule has 0 bridgehead atoms. The minimum atomic E-state index is -0.644. The molecule has 1 aliphatic rings. The van der Waals surface area contributed by atoms with Crippen molar-refractivity contribution in [2.75, 3.05) is 16.8 Å². The number of halogens is 2. The Morgan fingerprint density at radius 3 is 2.74 bits per heavy atom. The van der Waals surface area contributed by atoms with Crippen LogP contribution >= 0.6 is 0 Å². The summed E-state index contributed by atoms with van der Waals surface area (Å²) in [5.74, 6) is -0.102. The number of rotatable bonds is 4. The summed E-state index contributed by atoms with van der Waals surface area (Å²) in [7, 11) is 0. The zero-order chi connectivity index (χ0) is 16.2. The number of hydrogen-bond acceptors (Lipinski definition) is 4. The smallest absolute Gasteiger partial charge is 0.149 e. The average molecular weight is 318 g/mol. The van der Waals surface area contributed by atoms with Gasteiger partial charge in [0.15, 0.2) is 0 Å². The molecular weight excluding hydrogens is 298 g/mol. The molecule has 0 spiro atoms. The van der Waals surface area contributed by atoms with E-state index >= 15 is 0 Å². The summed E-state index contributed by atoms with van der Waals surface area (Å²) in [5, 5.41) is 2.73. The molecule has 4 nitrogen and oxygen atoms in total. The van der Waals surface area contributed by atoms with Gasteiger partial charge >= 0.3 is 0 Å². The molecule has 0 saturated carbocycles. The molecule has 2 aromatic rings. The minimum absolute atomic E-state index is 0.192. The van der Waals surface area contributed by atoms with Gasteiger partial charge in [0.2, 0.25) is 0 Å². The van der Waals surface area contributed by atoms with Crippen LogP contribution < -0.4 is 10.2 Å². The molecule has 1 N–H and O–H groups in total. The van der Waals surface area contributed by atoms with E-state index in [0.717, 1.165) is 31.6 Å². The first-order chi connectivity index (χ1) is 11.2. The van der Waals surface area contributed by atoms with E-state index in [9.17, 15) is 8.78 Å². The van der Waals surface area contributed by atoms with Gasteiger partial charge in [-0.2, -0.15) is 0 Å². The Kier molecular flexibility index (Phi) is 4.69. The zero-order valence-electron chi connectivity index (χ0n) is 13.1. The number of para-hydroxylation sites is 1. The highest BCUT2D eigenvalue weighted by Crippen LogP contribution is 2.27. The maximum absolute atomic E-state index is 13.8. The van der Waals surface area contributed by atoms with Gasteiger partial charge in [0.05, 0.1) is 0 Å². The van der Waals surface area contributed by atoms with Crippen LogP contribution in [0.25, 0.3) is 0 Å². The van der Waals surface area contributed by atoms with Gasteiger partial charge in [-0.15, -0.1) is 0 Å². The molecule has 1 fully saturated rings. The molecule has 0 radical (unpaired) electrons. The highest BCUT2D eigenvalue weighted by Gasteiger charge is 2.22. The fourth-order valence-electron chi connectivity index (χ4n) is 3.04. The van der Waals surface area contributed by atoms with Crippen LogP contribution in [0.2, 0.25) is 0 Å². The van der Waals surface area contributed by atoms with E-state index in [1.54, 1.807) is 6.07 Å². The van der Waals surface area contributed by atoms with Crippen LogP contribution in [-0.4, -0.2) is 22.6 Å². The van der Waals surface area contributed by atoms with Crippen LogP contribution in [0.4, 0.5) is 26.1 Å². The number of benzene rings is 1. The lowest BCUT2D eigenvalue weighted by Crippen LogP contribution is -2.39. The fourth-order valence-corrected chi connectivity index (χ4v) is 3.04. The van der Waals surface area contributed by atoms with Crippen molar-refractivity contribution >= 4 is 17.3 Å². The average Bonchev–Trinajstić information content (AvgIpc) is 2.58. The van der Waals surface area contributed by atoms with E-state index in [-0.39, 0.29) is 5.69 Å².